The van der Waals surface area contributed by atoms with E-state index in [2.05, 4.69) is 36.4 Å². The van der Waals surface area contributed by atoms with E-state index in [1.165, 1.54) is 0 Å². The van der Waals surface area contributed by atoms with Crippen molar-refractivity contribution in [3.63, 3.8) is 0 Å². The minimum Gasteiger partial charge on any atom is -0.496 e. The summed E-state index contributed by atoms with van der Waals surface area (Å²) in [5.74, 6) is 1.48. The molecule has 3 aromatic rings. The average Bonchev–Trinajstić information content (AvgIpc) is 2.66. The van der Waals surface area contributed by atoms with Crippen molar-refractivity contribution >= 4 is 50.6 Å². The van der Waals surface area contributed by atoms with E-state index in [1.54, 1.807) is 14.2 Å². The Hall–Kier alpha value is -1.83. The summed E-state index contributed by atoms with van der Waals surface area (Å²) in [6.45, 7) is 1.80. The van der Waals surface area contributed by atoms with Crippen molar-refractivity contribution < 1.29 is 9.47 Å². The summed E-state index contributed by atoms with van der Waals surface area (Å²) in [4.78, 5) is 7.01. The molecule has 0 unspecified atom stereocenters. The highest BCUT2D eigenvalue weighted by molar-refractivity contribution is 8.93. The Morgan fingerprint density at radius 3 is 2.18 bits per heavy atom. The van der Waals surface area contributed by atoms with E-state index in [9.17, 15) is 0 Å². The van der Waals surface area contributed by atoms with Crippen molar-refractivity contribution in [1.29, 1.82) is 0 Å². The van der Waals surface area contributed by atoms with Crippen molar-refractivity contribution in [3.8, 4) is 22.8 Å². The second kappa shape index (κ2) is 11.2. The van der Waals surface area contributed by atoms with Gasteiger partial charge in [0.05, 0.1) is 31.0 Å². The van der Waals surface area contributed by atoms with Crippen molar-refractivity contribution in [3.05, 3.63) is 48.5 Å². The molecule has 0 amide bonds. The molecule has 5 nitrogen and oxygen atoms in total. The molecule has 0 atom stereocenters. The van der Waals surface area contributed by atoms with Gasteiger partial charge in [0.25, 0.3) is 0 Å². The maximum absolute atomic E-state index is 5.56. The number of methoxy groups -OCH3 is 2. The largest absolute Gasteiger partial charge is 0.496 e. The zero-order valence-corrected chi connectivity index (χ0v) is 20.0. The van der Waals surface area contributed by atoms with Crippen LogP contribution in [-0.4, -0.2) is 51.3 Å². The van der Waals surface area contributed by atoms with Crippen molar-refractivity contribution in [2.75, 3.05) is 46.7 Å². The molecule has 0 saturated heterocycles. The van der Waals surface area contributed by atoms with Crippen LogP contribution in [-0.2, 0) is 0 Å². The summed E-state index contributed by atoms with van der Waals surface area (Å²) in [5.41, 5.74) is 3.68. The molecule has 0 saturated carbocycles. The number of anilines is 1. The van der Waals surface area contributed by atoms with E-state index in [-0.39, 0.29) is 34.0 Å². The second-order valence-electron chi connectivity index (χ2n) is 6.34. The van der Waals surface area contributed by atoms with Crippen LogP contribution in [0.2, 0.25) is 0 Å². The number of rotatable bonds is 7. The van der Waals surface area contributed by atoms with Crippen LogP contribution in [0.3, 0.4) is 0 Å². The number of aromatic nitrogens is 1. The van der Waals surface area contributed by atoms with E-state index in [0.717, 1.165) is 52.4 Å². The van der Waals surface area contributed by atoms with Gasteiger partial charge in [-0.1, -0.05) is 24.3 Å². The molecule has 0 aliphatic carbocycles. The molecule has 0 fully saturated rings. The van der Waals surface area contributed by atoms with Gasteiger partial charge in [0, 0.05) is 24.2 Å². The van der Waals surface area contributed by atoms with Crippen LogP contribution in [0.1, 0.15) is 0 Å². The molecule has 152 valence electrons. The number of halogens is 2. The first-order chi connectivity index (χ1) is 12.6. The van der Waals surface area contributed by atoms with Crippen LogP contribution in [0, 0.1) is 0 Å². The lowest BCUT2D eigenvalue weighted by Gasteiger charge is -2.16. The Balaban J connectivity index is 0.00000196. The fraction of sp³-hybridized carbons (Fsp3) is 0.286. The molecule has 0 spiro atoms. The van der Waals surface area contributed by atoms with Gasteiger partial charge in [-0.2, -0.15) is 0 Å². The van der Waals surface area contributed by atoms with Gasteiger partial charge >= 0.3 is 0 Å². The van der Waals surface area contributed by atoms with Gasteiger partial charge in [-0.3, -0.25) is 0 Å². The number of para-hydroxylation sites is 1. The van der Waals surface area contributed by atoms with Gasteiger partial charge in [-0.05, 0) is 38.4 Å². The average molecular weight is 513 g/mol. The van der Waals surface area contributed by atoms with Gasteiger partial charge in [0.1, 0.15) is 11.5 Å². The lowest BCUT2D eigenvalue weighted by atomic mass is 10.1. The quantitative estimate of drug-likeness (QED) is 0.480. The van der Waals surface area contributed by atoms with Crippen LogP contribution in [0.4, 0.5) is 5.69 Å². The molecular weight excluding hydrogens is 486 g/mol. The Labute approximate surface area is 187 Å². The number of nitrogens with zero attached hydrogens (tertiary/aromatic N) is 2. The SMILES string of the molecule is Br.Br.COc1cccc(OC)c1-c1cc(NCCN(C)C)c2ccccc2n1. The number of ether oxygens (including phenoxy) is 2. The first-order valence-electron chi connectivity index (χ1n) is 8.63. The lowest BCUT2D eigenvalue weighted by molar-refractivity contribution is 0.397. The summed E-state index contributed by atoms with van der Waals surface area (Å²) in [5, 5.41) is 4.64. The van der Waals surface area contributed by atoms with Gasteiger partial charge in [-0.25, -0.2) is 4.98 Å². The third-order valence-electron chi connectivity index (χ3n) is 4.27. The molecule has 1 heterocycles. The Morgan fingerprint density at radius 2 is 1.57 bits per heavy atom. The smallest absolute Gasteiger partial charge is 0.132 e. The van der Waals surface area contributed by atoms with E-state index in [1.807, 2.05) is 36.4 Å². The van der Waals surface area contributed by atoms with Crippen LogP contribution >= 0.6 is 34.0 Å². The Bertz CT molecular complexity index is 882. The summed E-state index contributed by atoms with van der Waals surface area (Å²) in [7, 11) is 7.46. The number of hydrogen-bond acceptors (Lipinski definition) is 5. The third kappa shape index (κ3) is 5.37. The standard InChI is InChI=1S/C21H25N3O2.2BrH/c1-24(2)13-12-22-17-14-18(23-16-9-6-5-8-15(16)17)21-19(25-3)10-7-11-20(21)26-4;;/h5-11,14H,12-13H2,1-4H3,(H,22,23);2*1H. The van der Waals surface area contributed by atoms with E-state index in [0.29, 0.717) is 0 Å². The van der Waals surface area contributed by atoms with Gasteiger partial charge in [0.15, 0.2) is 0 Å². The van der Waals surface area contributed by atoms with Crippen LogP contribution in [0.5, 0.6) is 11.5 Å². The van der Waals surface area contributed by atoms with Crippen molar-refractivity contribution in [2.45, 2.75) is 0 Å². The molecule has 1 N–H and O–H groups in total. The molecule has 0 radical (unpaired) electrons. The normalized spacial score (nSPS) is 10.2. The predicted molar refractivity (Wildman–Crippen MR) is 128 cm³/mol. The molecule has 28 heavy (non-hydrogen) atoms. The number of pyridine rings is 1. The highest BCUT2D eigenvalue weighted by Crippen LogP contribution is 2.39. The number of hydrogen-bond donors (Lipinski definition) is 1. The highest BCUT2D eigenvalue weighted by atomic mass is 79.9. The maximum atomic E-state index is 5.56. The lowest BCUT2D eigenvalue weighted by Crippen LogP contribution is -2.20. The highest BCUT2D eigenvalue weighted by Gasteiger charge is 2.16. The second-order valence-corrected chi connectivity index (χ2v) is 6.34. The fourth-order valence-electron chi connectivity index (χ4n) is 2.97. The molecule has 0 bridgehead atoms. The molecule has 7 heteroatoms. The summed E-state index contributed by atoms with van der Waals surface area (Å²) in [6, 6.07) is 16.0. The van der Waals surface area contributed by atoms with Crippen LogP contribution < -0.4 is 14.8 Å². The van der Waals surface area contributed by atoms with Crippen molar-refractivity contribution in [2.24, 2.45) is 0 Å². The fourth-order valence-corrected chi connectivity index (χ4v) is 2.97. The maximum Gasteiger partial charge on any atom is 0.132 e. The molecular formula is C21H27Br2N3O2. The zero-order valence-electron chi connectivity index (χ0n) is 16.6. The number of nitrogens with one attached hydrogen (secondary N) is 1. The molecule has 2 aromatic carbocycles. The minimum atomic E-state index is 0. The number of fused-ring (bicyclic) bond motifs is 1. The van der Waals surface area contributed by atoms with Crippen LogP contribution in [0.25, 0.3) is 22.2 Å². The summed E-state index contributed by atoms with van der Waals surface area (Å²) >= 11 is 0. The minimum absolute atomic E-state index is 0. The van der Waals surface area contributed by atoms with Gasteiger partial charge < -0.3 is 19.7 Å². The number of benzene rings is 2. The first-order valence-corrected chi connectivity index (χ1v) is 8.63. The Kier molecular flexibility index (Phi) is 9.72. The molecule has 0 aliphatic rings. The van der Waals surface area contributed by atoms with Crippen molar-refractivity contribution in [1.82, 2.24) is 9.88 Å². The zero-order chi connectivity index (χ0) is 18.5. The number of likely N-dealkylation sites (N-methyl/N-ethyl adjacent to an activating group) is 1. The van der Waals surface area contributed by atoms with E-state index < -0.39 is 0 Å². The van der Waals surface area contributed by atoms with E-state index >= 15 is 0 Å². The monoisotopic (exact) mass is 511 g/mol. The third-order valence-corrected chi connectivity index (χ3v) is 4.27. The Morgan fingerprint density at radius 1 is 0.929 bits per heavy atom. The van der Waals surface area contributed by atoms with Gasteiger partial charge in [-0.15, -0.1) is 34.0 Å². The van der Waals surface area contributed by atoms with E-state index in [4.69, 9.17) is 14.5 Å². The molecule has 3 rings (SSSR count). The first kappa shape index (κ1) is 24.2. The van der Waals surface area contributed by atoms with Crippen LogP contribution in [0.15, 0.2) is 48.5 Å². The van der Waals surface area contributed by atoms with Gasteiger partial charge in [0.2, 0.25) is 0 Å². The predicted octanol–water partition coefficient (Wildman–Crippen LogP) is 5.05. The summed E-state index contributed by atoms with van der Waals surface area (Å²) in [6.07, 6.45) is 0. The molecule has 0 aliphatic heterocycles. The molecule has 1 aromatic heterocycles. The summed E-state index contributed by atoms with van der Waals surface area (Å²) < 4.78 is 11.1. The topological polar surface area (TPSA) is 46.6 Å².